The Morgan fingerprint density at radius 2 is 1.90 bits per heavy atom. The number of carbonyl (C=O) groups is 1. The molecule has 0 spiro atoms. The first-order chi connectivity index (χ1) is 9.88. The summed E-state index contributed by atoms with van der Waals surface area (Å²) in [4.78, 5) is 22.3. The molecule has 5 nitrogen and oxygen atoms in total. The van der Waals surface area contributed by atoms with Gasteiger partial charge in [0.2, 0.25) is 0 Å². The number of aryl methyl sites for hydroxylation is 1. The fourth-order valence-electron chi connectivity index (χ4n) is 1.76. The third-order valence-electron chi connectivity index (χ3n) is 2.84. The van der Waals surface area contributed by atoms with E-state index >= 15 is 0 Å². The first kappa shape index (κ1) is 15.3. The zero-order valence-electron chi connectivity index (χ0n) is 10.9. The third-order valence-corrected chi connectivity index (χ3v) is 3.40. The predicted molar refractivity (Wildman–Crippen MR) is 82.2 cm³/mol. The molecule has 0 radical (unpaired) electrons. The summed E-state index contributed by atoms with van der Waals surface area (Å²) in [6, 6.07) is 8.91. The highest BCUT2D eigenvalue weighted by molar-refractivity contribution is 6.32. The molecule has 2 aromatic carbocycles. The quantitative estimate of drug-likeness (QED) is 0.669. The van der Waals surface area contributed by atoms with Crippen LogP contribution >= 0.6 is 23.2 Å². The lowest BCUT2D eigenvalue weighted by atomic mass is 10.1. The molecule has 21 heavy (non-hydrogen) atoms. The highest BCUT2D eigenvalue weighted by Crippen LogP contribution is 2.26. The highest BCUT2D eigenvalue weighted by Gasteiger charge is 2.16. The Morgan fingerprint density at radius 1 is 1.19 bits per heavy atom. The molecule has 0 bridgehead atoms. The molecule has 7 heteroatoms. The van der Waals surface area contributed by atoms with Gasteiger partial charge >= 0.3 is 0 Å². The number of anilines is 1. The molecule has 0 aliphatic rings. The lowest BCUT2D eigenvalue weighted by Gasteiger charge is -2.09. The summed E-state index contributed by atoms with van der Waals surface area (Å²) in [5.74, 6) is -0.458. The number of nitrogens with zero attached hydrogens (tertiary/aromatic N) is 1. The average molecular weight is 325 g/mol. The topological polar surface area (TPSA) is 72.2 Å². The maximum absolute atomic E-state index is 12.1. The van der Waals surface area contributed by atoms with Crippen LogP contribution in [0.15, 0.2) is 36.4 Å². The van der Waals surface area contributed by atoms with E-state index in [-0.39, 0.29) is 16.3 Å². The number of amides is 1. The van der Waals surface area contributed by atoms with E-state index in [4.69, 9.17) is 23.2 Å². The lowest BCUT2D eigenvalue weighted by Crippen LogP contribution is -2.13. The van der Waals surface area contributed by atoms with Crippen molar-refractivity contribution >= 4 is 40.5 Å². The van der Waals surface area contributed by atoms with E-state index < -0.39 is 10.8 Å². The third kappa shape index (κ3) is 3.51. The number of halogens is 2. The van der Waals surface area contributed by atoms with E-state index in [2.05, 4.69) is 5.32 Å². The van der Waals surface area contributed by atoms with Crippen molar-refractivity contribution in [2.75, 3.05) is 5.32 Å². The second-order valence-corrected chi connectivity index (χ2v) is 5.18. The van der Waals surface area contributed by atoms with Crippen molar-refractivity contribution in [2.45, 2.75) is 6.92 Å². The van der Waals surface area contributed by atoms with Gasteiger partial charge in [-0.25, -0.2) is 0 Å². The molecule has 0 heterocycles. The molecule has 0 saturated heterocycles. The van der Waals surface area contributed by atoms with Crippen LogP contribution in [0.3, 0.4) is 0 Å². The number of hydrogen-bond acceptors (Lipinski definition) is 3. The Labute approximate surface area is 130 Å². The highest BCUT2D eigenvalue weighted by atomic mass is 35.5. The van der Waals surface area contributed by atoms with Crippen molar-refractivity contribution in [1.82, 2.24) is 0 Å². The minimum atomic E-state index is -0.632. The summed E-state index contributed by atoms with van der Waals surface area (Å²) in [7, 11) is 0. The van der Waals surface area contributed by atoms with Crippen LogP contribution < -0.4 is 5.32 Å². The molecule has 0 aromatic heterocycles. The molecule has 0 aliphatic carbocycles. The number of nitro benzene ring substituents is 1. The summed E-state index contributed by atoms with van der Waals surface area (Å²) < 4.78 is 0. The molecular formula is C14H10Cl2N2O3. The van der Waals surface area contributed by atoms with Crippen LogP contribution in [0.1, 0.15) is 15.9 Å². The van der Waals surface area contributed by atoms with Crippen LogP contribution in [-0.4, -0.2) is 10.8 Å². The number of nitrogens with one attached hydrogen (secondary N) is 1. The van der Waals surface area contributed by atoms with Crippen LogP contribution in [0.4, 0.5) is 11.4 Å². The van der Waals surface area contributed by atoms with E-state index in [1.165, 1.54) is 12.1 Å². The predicted octanol–water partition coefficient (Wildman–Crippen LogP) is 4.46. The lowest BCUT2D eigenvalue weighted by molar-refractivity contribution is -0.384. The van der Waals surface area contributed by atoms with Crippen LogP contribution in [-0.2, 0) is 0 Å². The normalized spacial score (nSPS) is 10.2. The Balaban J connectivity index is 2.28. The van der Waals surface area contributed by atoms with Crippen LogP contribution in [0.2, 0.25) is 10.0 Å². The number of benzene rings is 2. The molecule has 2 aromatic rings. The molecule has 0 aliphatic heterocycles. The Bertz CT molecular complexity index is 732. The molecule has 1 N–H and O–H groups in total. The zero-order valence-corrected chi connectivity index (χ0v) is 12.4. The molecule has 108 valence electrons. The maximum atomic E-state index is 12.1. The van der Waals surface area contributed by atoms with E-state index in [1.807, 2.05) is 0 Å². The van der Waals surface area contributed by atoms with Gasteiger partial charge in [0.1, 0.15) is 5.02 Å². The summed E-state index contributed by atoms with van der Waals surface area (Å²) in [6.07, 6.45) is 0. The van der Waals surface area contributed by atoms with Crippen molar-refractivity contribution in [2.24, 2.45) is 0 Å². The summed E-state index contributed by atoms with van der Waals surface area (Å²) in [5, 5.41) is 14.0. The number of nitro groups is 1. The Kier molecular flexibility index (Phi) is 4.45. The van der Waals surface area contributed by atoms with E-state index in [9.17, 15) is 14.9 Å². The largest absolute Gasteiger partial charge is 0.322 e. The van der Waals surface area contributed by atoms with Gasteiger partial charge < -0.3 is 5.32 Å². The minimum Gasteiger partial charge on any atom is -0.322 e. The van der Waals surface area contributed by atoms with Crippen molar-refractivity contribution in [3.8, 4) is 0 Å². The minimum absolute atomic E-state index is 0.0146. The Morgan fingerprint density at radius 3 is 2.52 bits per heavy atom. The molecule has 0 saturated carbocycles. The van der Waals surface area contributed by atoms with Gasteiger partial charge in [-0.15, -0.1) is 0 Å². The fraction of sp³-hybridized carbons (Fsp3) is 0.0714. The average Bonchev–Trinajstić information content (AvgIpc) is 2.42. The van der Waals surface area contributed by atoms with Gasteiger partial charge in [-0.1, -0.05) is 23.2 Å². The maximum Gasteiger partial charge on any atom is 0.288 e. The molecular weight excluding hydrogens is 315 g/mol. The second-order valence-electron chi connectivity index (χ2n) is 4.34. The molecule has 0 fully saturated rings. The number of carbonyl (C=O) groups excluding carboxylic acids is 1. The van der Waals surface area contributed by atoms with E-state index in [0.717, 1.165) is 11.6 Å². The molecule has 1 amide bonds. The van der Waals surface area contributed by atoms with Gasteiger partial charge in [0.25, 0.3) is 11.6 Å². The SMILES string of the molecule is Cc1cc(Cl)ccc1NC(=O)c1ccc(Cl)c([N+](=O)[O-])c1. The standard InChI is InChI=1S/C14H10Cl2N2O3/c1-8-6-10(15)3-5-12(8)17-14(19)9-2-4-11(16)13(7-9)18(20)21/h2-7H,1H3,(H,17,19). The monoisotopic (exact) mass is 324 g/mol. The number of hydrogen-bond donors (Lipinski definition) is 1. The van der Waals surface area contributed by atoms with Crippen molar-refractivity contribution in [1.29, 1.82) is 0 Å². The van der Waals surface area contributed by atoms with Crippen molar-refractivity contribution in [3.05, 3.63) is 67.7 Å². The van der Waals surface area contributed by atoms with Gasteiger partial charge in [0.05, 0.1) is 4.92 Å². The van der Waals surface area contributed by atoms with Crippen molar-refractivity contribution < 1.29 is 9.72 Å². The van der Waals surface area contributed by atoms with Gasteiger partial charge in [-0.05, 0) is 42.8 Å². The molecule has 2 rings (SSSR count). The van der Waals surface area contributed by atoms with Gasteiger partial charge in [0.15, 0.2) is 0 Å². The van der Waals surface area contributed by atoms with Crippen LogP contribution in [0.25, 0.3) is 0 Å². The van der Waals surface area contributed by atoms with Gasteiger partial charge in [0, 0.05) is 22.3 Å². The summed E-state index contributed by atoms with van der Waals surface area (Å²) >= 11 is 11.6. The number of rotatable bonds is 3. The Hall–Kier alpha value is -2.11. The summed E-state index contributed by atoms with van der Waals surface area (Å²) in [6.45, 7) is 1.80. The first-order valence-electron chi connectivity index (χ1n) is 5.90. The molecule has 0 atom stereocenters. The van der Waals surface area contributed by atoms with E-state index in [0.29, 0.717) is 10.7 Å². The van der Waals surface area contributed by atoms with Gasteiger partial charge in [-0.2, -0.15) is 0 Å². The fourth-order valence-corrected chi connectivity index (χ4v) is 2.17. The van der Waals surface area contributed by atoms with Crippen molar-refractivity contribution in [3.63, 3.8) is 0 Å². The first-order valence-corrected chi connectivity index (χ1v) is 6.65. The van der Waals surface area contributed by atoms with E-state index in [1.54, 1.807) is 25.1 Å². The second kappa shape index (κ2) is 6.11. The summed E-state index contributed by atoms with van der Waals surface area (Å²) in [5.41, 5.74) is 1.22. The zero-order chi connectivity index (χ0) is 15.6. The smallest absolute Gasteiger partial charge is 0.288 e. The van der Waals surface area contributed by atoms with Gasteiger partial charge in [-0.3, -0.25) is 14.9 Å². The van der Waals surface area contributed by atoms with Crippen LogP contribution in [0, 0.1) is 17.0 Å². The molecule has 0 unspecified atom stereocenters. The van der Waals surface area contributed by atoms with Crippen LogP contribution in [0.5, 0.6) is 0 Å².